The van der Waals surface area contributed by atoms with Gasteiger partial charge in [0.1, 0.15) is 5.82 Å². The molecule has 0 spiro atoms. The molecule has 25 heavy (non-hydrogen) atoms. The highest BCUT2D eigenvalue weighted by Crippen LogP contribution is 2.24. The van der Waals surface area contributed by atoms with Crippen LogP contribution in [0.4, 0.5) is 17.5 Å². The van der Waals surface area contributed by atoms with E-state index in [1.807, 2.05) is 38.2 Å². The third-order valence-corrected chi connectivity index (χ3v) is 4.42. The van der Waals surface area contributed by atoms with E-state index in [0.717, 1.165) is 33.8 Å². The molecule has 0 aliphatic heterocycles. The maximum atomic E-state index is 4.68. The molecule has 0 unspecified atom stereocenters. The van der Waals surface area contributed by atoms with E-state index >= 15 is 0 Å². The van der Waals surface area contributed by atoms with Gasteiger partial charge in [-0.15, -0.1) is 0 Å². The standard InChI is InChI=1S/C20H21BrN4/c1-14-11-17(21)9-10-18(14)23-20-22-15(2)12-19(24-20)25(3)13-16-7-5-4-6-8-16/h4-12H,13H2,1-3H3,(H,22,23,24). The van der Waals surface area contributed by atoms with Crippen LogP contribution in [0.5, 0.6) is 0 Å². The van der Waals surface area contributed by atoms with Crippen LogP contribution in [0.25, 0.3) is 0 Å². The van der Waals surface area contributed by atoms with E-state index in [1.165, 1.54) is 5.56 Å². The Labute approximate surface area is 157 Å². The first kappa shape index (κ1) is 17.4. The second kappa shape index (κ2) is 7.66. The van der Waals surface area contributed by atoms with Crippen molar-refractivity contribution in [2.45, 2.75) is 20.4 Å². The first-order chi connectivity index (χ1) is 12.0. The Kier molecular flexibility index (Phi) is 5.34. The predicted octanol–water partition coefficient (Wildman–Crippen LogP) is 5.24. The molecule has 0 aliphatic carbocycles. The number of nitrogens with zero attached hydrogens (tertiary/aromatic N) is 3. The van der Waals surface area contributed by atoms with Crippen LogP contribution in [0.1, 0.15) is 16.8 Å². The molecule has 1 N–H and O–H groups in total. The fraction of sp³-hybridized carbons (Fsp3) is 0.200. The molecule has 0 saturated carbocycles. The molecule has 0 fully saturated rings. The Morgan fingerprint density at radius 1 is 1.00 bits per heavy atom. The van der Waals surface area contributed by atoms with Crippen LogP contribution in [0, 0.1) is 13.8 Å². The van der Waals surface area contributed by atoms with Gasteiger partial charge in [0.2, 0.25) is 5.95 Å². The van der Waals surface area contributed by atoms with E-state index in [4.69, 9.17) is 0 Å². The molecule has 2 aromatic carbocycles. The van der Waals surface area contributed by atoms with Gasteiger partial charge in [-0.1, -0.05) is 46.3 Å². The summed E-state index contributed by atoms with van der Waals surface area (Å²) in [6.45, 7) is 4.85. The van der Waals surface area contributed by atoms with Crippen LogP contribution < -0.4 is 10.2 Å². The zero-order chi connectivity index (χ0) is 17.8. The van der Waals surface area contributed by atoms with Gasteiger partial charge in [-0.05, 0) is 43.2 Å². The smallest absolute Gasteiger partial charge is 0.229 e. The maximum absolute atomic E-state index is 4.68. The van der Waals surface area contributed by atoms with Crippen LogP contribution in [-0.2, 0) is 6.54 Å². The summed E-state index contributed by atoms with van der Waals surface area (Å²) in [7, 11) is 2.05. The Morgan fingerprint density at radius 3 is 2.48 bits per heavy atom. The number of nitrogens with one attached hydrogen (secondary N) is 1. The third kappa shape index (κ3) is 4.57. The van der Waals surface area contributed by atoms with Crippen molar-refractivity contribution in [3.8, 4) is 0 Å². The van der Waals surface area contributed by atoms with Crippen molar-refractivity contribution >= 4 is 33.4 Å². The zero-order valence-electron chi connectivity index (χ0n) is 14.6. The summed E-state index contributed by atoms with van der Waals surface area (Å²) < 4.78 is 1.06. The molecule has 1 heterocycles. The Bertz CT molecular complexity index is 865. The van der Waals surface area contributed by atoms with Gasteiger partial charge in [0.05, 0.1) is 0 Å². The van der Waals surface area contributed by atoms with Crippen LogP contribution >= 0.6 is 15.9 Å². The number of anilines is 3. The van der Waals surface area contributed by atoms with Crippen LogP contribution in [0.15, 0.2) is 59.1 Å². The van der Waals surface area contributed by atoms with Gasteiger partial charge in [-0.2, -0.15) is 4.98 Å². The van der Waals surface area contributed by atoms with E-state index in [9.17, 15) is 0 Å². The highest BCUT2D eigenvalue weighted by molar-refractivity contribution is 9.10. The number of hydrogen-bond donors (Lipinski definition) is 1. The van der Waals surface area contributed by atoms with Gasteiger partial charge in [0, 0.05) is 35.5 Å². The third-order valence-electron chi connectivity index (χ3n) is 3.93. The van der Waals surface area contributed by atoms with Crippen molar-refractivity contribution in [1.82, 2.24) is 9.97 Å². The molecule has 0 bridgehead atoms. The summed E-state index contributed by atoms with van der Waals surface area (Å²) in [5.41, 5.74) is 4.32. The van der Waals surface area contributed by atoms with E-state index in [0.29, 0.717) is 5.95 Å². The second-order valence-corrected chi connectivity index (χ2v) is 7.03. The molecular weight excluding hydrogens is 376 g/mol. The molecule has 0 aliphatic rings. The second-order valence-electron chi connectivity index (χ2n) is 6.12. The van der Waals surface area contributed by atoms with Crippen LogP contribution in [0.2, 0.25) is 0 Å². The molecule has 3 aromatic rings. The number of aryl methyl sites for hydroxylation is 2. The highest BCUT2D eigenvalue weighted by atomic mass is 79.9. The van der Waals surface area contributed by atoms with Crippen LogP contribution in [0.3, 0.4) is 0 Å². The van der Waals surface area contributed by atoms with E-state index in [2.05, 4.69) is 73.4 Å². The minimum atomic E-state index is 0.611. The number of halogens is 1. The first-order valence-electron chi connectivity index (χ1n) is 8.15. The number of aromatic nitrogens is 2. The lowest BCUT2D eigenvalue weighted by Crippen LogP contribution is -2.18. The summed E-state index contributed by atoms with van der Waals surface area (Å²) in [5.74, 6) is 1.51. The monoisotopic (exact) mass is 396 g/mol. The molecule has 5 heteroatoms. The quantitative estimate of drug-likeness (QED) is 0.640. The van der Waals surface area contributed by atoms with Gasteiger partial charge in [0.15, 0.2) is 0 Å². The molecule has 1 aromatic heterocycles. The van der Waals surface area contributed by atoms with Gasteiger partial charge in [-0.25, -0.2) is 4.98 Å². The van der Waals surface area contributed by atoms with E-state index in [1.54, 1.807) is 0 Å². The van der Waals surface area contributed by atoms with Crippen molar-refractivity contribution in [2.75, 3.05) is 17.3 Å². The normalized spacial score (nSPS) is 10.6. The Balaban J connectivity index is 1.82. The first-order valence-corrected chi connectivity index (χ1v) is 8.94. The topological polar surface area (TPSA) is 41.1 Å². The van der Waals surface area contributed by atoms with E-state index < -0.39 is 0 Å². The van der Waals surface area contributed by atoms with Crippen molar-refractivity contribution in [2.24, 2.45) is 0 Å². The lowest BCUT2D eigenvalue weighted by Gasteiger charge is -2.19. The molecule has 0 radical (unpaired) electrons. The van der Waals surface area contributed by atoms with Crippen molar-refractivity contribution in [1.29, 1.82) is 0 Å². The molecule has 4 nitrogen and oxygen atoms in total. The average molecular weight is 397 g/mol. The summed E-state index contributed by atoms with van der Waals surface area (Å²) in [6.07, 6.45) is 0. The highest BCUT2D eigenvalue weighted by Gasteiger charge is 2.09. The Morgan fingerprint density at radius 2 is 1.76 bits per heavy atom. The summed E-state index contributed by atoms with van der Waals surface area (Å²) >= 11 is 3.49. The predicted molar refractivity (Wildman–Crippen MR) is 107 cm³/mol. The van der Waals surface area contributed by atoms with Crippen molar-refractivity contribution in [3.63, 3.8) is 0 Å². The van der Waals surface area contributed by atoms with Crippen molar-refractivity contribution in [3.05, 3.63) is 75.9 Å². The van der Waals surface area contributed by atoms with Gasteiger partial charge >= 0.3 is 0 Å². The number of benzene rings is 2. The molecule has 0 saturated heterocycles. The minimum absolute atomic E-state index is 0.611. The largest absolute Gasteiger partial charge is 0.355 e. The van der Waals surface area contributed by atoms with Crippen molar-refractivity contribution < 1.29 is 0 Å². The lowest BCUT2D eigenvalue weighted by molar-refractivity contribution is 0.888. The lowest BCUT2D eigenvalue weighted by atomic mass is 10.2. The fourth-order valence-corrected chi connectivity index (χ4v) is 3.10. The SMILES string of the molecule is Cc1cc(N(C)Cc2ccccc2)nc(Nc2ccc(Br)cc2C)n1. The Hall–Kier alpha value is -2.40. The molecule has 0 amide bonds. The number of hydrogen-bond acceptors (Lipinski definition) is 4. The van der Waals surface area contributed by atoms with Gasteiger partial charge < -0.3 is 10.2 Å². The molecule has 128 valence electrons. The van der Waals surface area contributed by atoms with E-state index in [-0.39, 0.29) is 0 Å². The fourth-order valence-electron chi connectivity index (χ4n) is 2.63. The molecular formula is C20H21BrN4. The molecule has 3 rings (SSSR count). The summed E-state index contributed by atoms with van der Waals surface area (Å²) in [5, 5.41) is 3.33. The molecule has 0 atom stereocenters. The zero-order valence-corrected chi connectivity index (χ0v) is 16.2. The van der Waals surface area contributed by atoms with Gasteiger partial charge in [0.25, 0.3) is 0 Å². The van der Waals surface area contributed by atoms with Gasteiger partial charge in [-0.3, -0.25) is 0 Å². The average Bonchev–Trinajstić information content (AvgIpc) is 2.58. The minimum Gasteiger partial charge on any atom is -0.355 e. The summed E-state index contributed by atoms with van der Waals surface area (Å²) in [6, 6.07) is 18.5. The summed E-state index contributed by atoms with van der Waals surface area (Å²) in [4.78, 5) is 11.3. The van der Waals surface area contributed by atoms with Crippen LogP contribution in [-0.4, -0.2) is 17.0 Å². The number of rotatable bonds is 5. The maximum Gasteiger partial charge on any atom is 0.229 e.